The van der Waals surface area contributed by atoms with E-state index < -0.39 is 72.6 Å². The van der Waals surface area contributed by atoms with Crippen molar-refractivity contribution < 1.29 is 39.0 Å². The summed E-state index contributed by atoms with van der Waals surface area (Å²) in [5.74, 6) is -6.23. The number of amides is 4. The summed E-state index contributed by atoms with van der Waals surface area (Å²) in [7, 11) is 0. The first kappa shape index (κ1) is 28.1. The van der Waals surface area contributed by atoms with E-state index in [2.05, 4.69) is 26.3 Å². The molecule has 1 aromatic carbocycles. The van der Waals surface area contributed by atoms with Crippen molar-refractivity contribution in [2.24, 2.45) is 5.73 Å². The number of carbonyl (C=O) groups excluding carboxylic acids is 4. The summed E-state index contributed by atoms with van der Waals surface area (Å²) < 4.78 is 0. The maximum Gasteiger partial charge on any atom is 0.326 e. The lowest BCUT2D eigenvalue weighted by molar-refractivity contribution is -0.147. The second kappa shape index (κ2) is 12.7. The Labute approximate surface area is 216 Å². The summed E-state index contributed by atoms with van der Waals surface area (Å²) in [4.78, 5) is 76.1. The van der Waals surface area contributed by atoms with E-state index in [4.69, 9.17) is 10.8 Å². The minimum atomic E-state index is -1.75. The van der Waals surface area contributed by atoms with Gasteiger partial charge in [0.25, 0.3) is 0 Å². The van der Waals surface area contributed by atoms with Gasteiger partial charge in [-0.1, -0.05) is 18.2 Å². The minimum absolute atomic E-state index is 0.109. The third kappa shape index (κ3) is 7.52. The molecule has 1 aliphatic heterocycles. The highest BCUT2D eigenvalue weighted by Gasteiger charge is 2.33. The fourth-order valence-electron chi connectivity index (χ4n) is 4.24. The Morgan fingerprint density at radius 3 is 2.26 bits per heavy atom. The molecule has 2 aromatic rings. The molecule has 4 unspecified atom stereocenters. The molecule has 1 aromatic heterocycles. The normalized spacial score (nSPS) is 17.2. The third-order valence-electron chi connectivity index (χ3n) is 6.14. The zero-order valence-corrected chi connectivity index (χ0v) is 20.4. The number of fused-ring (bicyclic) bond motifs is 1. The first-order valence-corrected chi connectivity index (χ1v) is 12.0. The van der Waals surface area contributed by atoms with Crippen LogP contribution in [0.25, 0.3) is 10.9 Å². The van der Waals surface area contributed by atoms with Gasteiger partial charge < -0.3 is 42.2 Å². The zero-order chi connectivity index (χ0) is 27.8. The van der Waals surface area contributed by atoms with Crippen molar-refractivity contribution in [1.29, 1.82) is 0 Å². The van der Waals surface area contributed by atoms with Crippen LogP contribution in [0.5, 0.6) is 0 Å². The van der Waals surface area contributed by atoms with Crippen molar-refractivity contribution in [3.8, 4) is 0 Å². The molecular formula is C24H30N6O8. The Bertz CT molecular complexity index is 1220. The van der Waals surface area contributed by atoms with Gasteiger partial charge in [-0.05, 0) is 31.0 Å². The molecule has 1 aliphatic rings. The first-order valence-electron chi connectivity index (χ1n) is 12.0. The number of hydrogen-bond acceptors (Lipinski definition) is 7. The van der Waals surface area contributed by atoms with Crippen molar-refractivity contribution in [3.63, 3.8) is 0 Å². The second-order valence-electron chi connectivity index (χ2n) is 9.00. The second-order valence-corrected chi connectivity index (χ2v) is 9.00. The molecule has 1 fully saturated rings. The number of aliphatic carboxylic acids is 2. The predicted octanol–water partition coefficient (Wildman–Crippen LogP) is -1.65. The van der Waals surface area contributed by atoms with E-state index in [0.29, 0.717) is 18.5 Å². The minimum Gasteiger partial charge on any atom is -0.481 e. The van der Waals surface area contributed by atoms with Crippen LogP contribution in [-0.4, -0.2) is 81.5 Å². The van der Waals surface area contributed by atoms with Crippen LogP contribution in [0.2, 0.25) is 0 Å². The molecule has 14 nitrogen and oxygen atoms in total. The lowest BCUT2D eigenvalue weighted by Gasteiger charge is -2.24. The predicted molar refractivity (Wildman–Crippen MR) is 133 cm³/mol. The molecule has 1 saturated heterocycles. The smallest absolute Gasteiger partial charge is 0.326 e. The number of H-pyrrole nitrogens is 1. The molecule has 0 spiro atoms. The lowest BCUT2D eigenvalue weighted by atomic mass is 10.0. The molecule has 3 rings (SSSR count). The number of hydrogen-bond donors (Lipinski definition) is 8. The lowest BCUT2D eigenvalue weighted by Crippen LogP contribution is -2.58. The molecule has 204 valence electrons. The van der Waals surface area contributed by atoms with Crippen LogP contribution >= 0.6 is 0 Å². The number of carboxylic acid groups (broad SMARTS) is 2. The Balaban J connectivity index is 1.84. The van der Waals surface area contributed by atoms with Crippen molar-refractivity contribution >= 4 is 46.5 Å². The van der Waals surface area contributed by atoms with Gasteiger partial charge in [-0.25, -0.2) is 4.79 Å². The molecular weight excluding hydrogens is 500 g/mol. The van der Waals surface area contributed by atoms with E-state index in [9.17, 15) is 33.9 Å². The van der Waals surface area contributed by atoms with Crippen LogP contribution in [0.1, 0.15) is 31.2 Å². The van der Waals surface area contributed by atoms with Crippen LogP contribution in [0.4, 0.5) is 0 Å². The number of carbonyl (C=O) groups is 6. The molecule has 0 radical (unpaired) electrons. The van der Waals surface area contributed by atoms with Gasteiger partial charge in [0.15, 0.2) is 0 Å². The Morgan fingerprint density at radius 1 is 0.947 bits per heavy atom. The SMILES string of the molecule is NC(=O)CC(NC(=O)C1CCCN1)C(=O)NC(Cc1c[nH]c2ccccc12)C(=O)NC(CC(=O)O)C(=O)O. The summed E-state index contributed by atoms with van der Waals surface area (Å²) in [5, 5.41) is 29.2. The number of benzene rings is 1. The molecule has 38 heavy (non-hydrogen) atoms. The molecule has 2 heterocycles. The van der Waals surface area contributed by atoms with Gasteiger partial charge in [0.2, 0.25) is 23.6 Å². The average molecular weight is 531 g/mol. The Kier molecular flexibility index (Phi) is 9.38. The number of carboxylic acids is 2. The average Bonchev–Trinajstić information content (AvgIpc) is 3.53. The van der Waals surface area contributed by atoms with E-state index in [1.165, 1.54) is 0 Å². The van der Waals surface area contributed by atoms with Crippen molar-refractivity contribution in [2.75, 3.05) is 6.54 Å². The van der Waals surface area contributed by atoms with E-state index in [1.807, 2.05) is 0 Å². The maximum absolute atomic E-state index is 13.2. The van der Waals surface area contributed by atoms with Crippen molar-refractivity contribution in [2.45, 2.75) is 56.3 Å². The highest BCUT2D eigenvalue weighted by molar-refractivity contribution is 5.97. The molecule has 4 atom stereocenters. The number of para-hydroxylation sites is 1. The number of aromatic amines is 1. The number of primary amides is 1. The zero-order valence-electron chi connectivity index (χ0n) is 20.4. The van der Waals surface area contributed by atoms with E-state index in [-0.39, 0.29) is 6.42 Å². The fraction of sp³-hybridized carbons (Fsp3) is 0.417. The summed E-state index contributed by atoms with van der Waals surface area (Å²) >= 11 is 0. The van der Waals surface area contributed by atoms with Crippen LogP contribution < -0.4 is 27.0 Å². The first-order chi connectivity index (χ1) is 18.0. The number of aromatic nitrogens is 1. The Hall–Kier alpha value is -4.46. The monoisotopic (exact) mass is 530 g/mol. The maximum atomic E-state index is 13.2. The molecule has 0 saturated carbocycles. The van der Waals surface area contributed by atoms with Crippen LogP contribution in [-0.2, 0) is 35.2 Å². The van der Waals surface area contributed by atoms with Gasteiger partial charge in [0, 0.05) is 23.5 Å². The van der Waals surface area contributed by atoms with Crippen LogP contribution in [0, 0.1) is 0 Å². The van der Waals surface area contributed by atoms with Gasteiger partial charge in [-0.15, -0.1) is 0 Å². The highest BCUT2D eigenvalue weighted by atomic mass is 16.4. The van der Waals surface area contributed by atoms with Crippen molar-refractivity contribution in [3.05, 3.63) is 36.0 Å². The number of nitrogens with one attached hydrogen (secondary N) is 5. The van der Waals surface area contributed by atoms with Gasteiger partial charge in [0.05, 0.1) is 18.9 Å². The van der Waals surface area contributed by atoms with E-state index in [0.717, 1.165) is 17.3 Å². The number of rotatable bonds is 13. The number of nitrogens with two attached hydrogens (primary N) is 1. The van der Waals surface area contributed by atoms with Gasteiger partial charge in [-0.2, -0.15) is 0 Å². The largest absolute Gasteiger partial charge is 0.481 e. The topological polar surface area (TPSA) is 233 Å². The van der Waals surface area contributed by atoms with Crippen LogP contribution in [0.15, 0.2) is 30.5 Å². The Morgan fingerprint density at radius 2 is 1.63 bits per heavy atom. The fourth-order valence-corrected chi connectivity index (χ4v) is 4.24. The summed E-state index contributed by atoms with van der Waals surface area (Å²) in [6.07, 6.45) is 1.40. The molecule has 4 amide bonds. The molecule has 0 aliphatic carbocycles. The van der Waals surface area contributed by atoms with Gasteiger partial charge >= 0.3 is 11.9 Å². The summed E-state index contributed by atoms with van der Waals surface area (Å²) in [6.45, 7) is 0.624. The third-order valence-corrected chi connectivity index (χ3v) is 6.14. The standard InChI is InChI=1S/C24H30N6O8/c25-19(31)9-17(29-21(34)15-6-3-7-26-15)23(36)28-16(22(35)30-18(24(37)38)10-20(32)33)8-12-11-27-14-5-2-1-4-13(12)14/h1-2,4-5,11,15-18,26-27H,3,6-10H2,(H2,25,31)(H,28,36)(H,29,34)(H,30,35)(H,32,33)(H,37,38). The molecule has 14 heteroatoms. The van der Waals surface area contributed by atoms with Crippen LogP contribution in [0.3, 0.4) is 0 Å². The molecule has 0 bridgehead atoms. The van der Waals surface area contributed by atoms with E-state index >= 15 is 0 Å². The molecule has 9 N–H and O–H groups in total. The van der Waals surface area contributed by atoms with Crippen molar-refractivity contribution in [1.82, 2.24) is 26.3 Å². The quantitative estimate of drug-likeness (QED) is 0.148. The summed E-state index contributed by atoms with van der Waals surface area (Å²) in [5.41, 5.74) is 6.64. The highest BCUT2D eigenvalue weighted by Crippen LogP contribution is 2.19. The van der Waals surface area contributed by atoms with E-state index in [1.54, 1.807) is 30.5 Å². The van der Waals surface area contributed by atoms with Gasteiger partial charge in [-0.3, -0.25) is 24.0 Å². The summed E-state index contributed by atoms with van der Waals surface area (Å²) in [6, 6.07) is 2.09. The van der Waals surface area contributed by atoms with Gasteiger partial charge in [0.1, 0.15) is 18.1 Å².